The standard InChI is InChI=1S/C21H33N3O6/c1-8-28-17(25)15-14(16(23-22-15)18(26)29-20(2,3)4)13-9-11-24(12-10-13)19(27)30-21(5,6)7/h13H,8-12H2,1-7H3,(H,22,23). The molecule has 0 radical (unpaired) electrons. The first-order chi connectivity index (χ1) is 13.8. The maximum absolute atomic E-state index is 12.7. The van der Waals surface area contributed by atoms with E-state index in [1.807, 2.05) is 20.8 Å². The maximum atomic E-state index is 12.7. The molecule has 1 fully saturated rings. The van der Waals surface area contributed by atoms with Gasteiger partial charge < -0.3 is 19.1 Å². The number of hydrogen-bond donors (Lipinski definition) is 1. The van der Waals surface area contributed by atoms with E-state index in [1.165, 1.54) is 0 Å². The Morgan fingerprint density at radius 2 is 1.57 bits per heavy atom. The zero-order valence-corrected chi connectivity index (χ0v) is 19.0. The van der Waals surface area contributed by atoms with Gasteiger partial charge in [-0.3, -0.25) is 5.10 Å². The minimum atomic E-state index is -0.697. The highest BCUT2D eigenvalue weighted by Crippen LogP contribution is 2.33. The maximum Gasteiger partial charge on any atom is 0.410 e. The topological polar surface area (TPSA) is 111 Å². The zero-order valence-electron chi connectivity index (χ0n) is 19.0. The van der Waals surface area contributed by atoms with Gasteiger partial charge in [-0.15, -0.1) is 0 Å². The Morgan fingerprint density at radius 1 is 1.00 bits per heavy atom. The second kappa shape index (κ2) is 9.06. The van der Waals surface area contributed by atoms with Crippen LogP contribution in [0.2, 0.25) is 0 Å². The molecule has 1 aliphatic heterocycles. The number of ether oxygens (including phenoxy) is 3. The molecule has 1 N–H and O–H groups in total. The molecular weight excluding hydrogens is 390 g/mol. The molecule has 2 rings (SSSR count). The first-order valence-corrected chi connectivity index (χ1v) is 10.3. The van der Waals surface area contributed by atoms with E-state index in [2.05, 4.69) is 10.2 Å². The molecule has 2 heterocycles. The van der Waals surface area contributed by atoms with Crippen molar-refractivity contribution in [3.63, 3.8) is 0 Å². The molecule has 9 nitrogen and oxygen atoms in total. The molecule has 30 heavy (non-hydrogen) atoms. The van der Waals surface area contributed by atoms with Crippen molar-refractivity contribution < 1.29 is 28.6 Å². The third-order valence-corrected chi connectivity index (χ3v) is 4.43. The summed E-state index contributed by atoms with van der Waals surface area (Å²) in [5.74, 6) is -1.31. The highest BCUT2D eigenvalue weighted by Gasteiger charge is 2.35. The lowest BCUT2D eigenvalue weighted by molar-refractivity contribution is 0.00569. The van der Waals surface area contributed by atoms with Gasteiger partial charge in [0.05, 0.1) is 6.61 Å². The fourth-order valence-electron chi connectivity index (χ4n) is 3.27. The van der Waals surface area contributed by atoms with Crippen molar-refractivity contribution in [1.82, 2.24) is 15.1 Å². The summed E-state index contributed by atoms with van der Waals surface area (Å²) < 4.78 is 16.0. The summed E-state index contributed by atoms with van der Waals surface area (Å²) in [6, 6.07) is 0. The molecule has 0 saturated carbocycles. The van der Waals surface area contributed by atoms with E-state index < -0.39 is 23.1 Å². The lowest BCUT2D eigenvalue weighted by Gasteiger charge is -2.33. The van der Waals surface area contributed by atoms with E-state index >= 15 is 0 Å². The number of esters is 2. The zero-order chi connectivity index (χ0) is 22.7. The Labute approximate surface area is 177 Å². The van der Waals surface area contributed by atoms with Crippen LogP contribution in [0.1, 0.15) is 93.8 Å². The molecule has 0 aliphatic carbocycles. The number of carbonyl (C=O) groups is 3. The molecule has 9 heteroatoms. The number of rotatable bonds is 4. The van der Waals surface area contributed by atoms with Gasteiger partial charge >= 0.3 is 18.0 Å². The third kappa shape index (κ3) is 6.21. The Morgan fingerprint density at radius 3 is 2.07 bits per heavy atom. The Balaban J connectivity index is 2.24. The molecular formula is C21H33N3O6. The SMILES string of the molecule is CCOC(=O)c1[nH]nc(C(=O)OC(C)(C)C)c1C1CCN(C(=O)OC(C)(C)C)CC1. The summed E-state index contributed by atoms with van der Waals surface area (Å²) in [4.78, 5) is 39.1. The van der Waals surface area contributed by atoms with Gasteiger partial charge in [0.2, 0.25) is 0 Å². The van der Waals surface area contributed by atoms with Gasteiger partial charge in [-0.1, -0.05) is 0 Å². The molecule has 1 aromatic rings. The summed E-state index contributed by atoms with van der Waals surface area (Å²) in [5.41, 5.74) is -0.527. The number of nitrogens with one attached hydrogen (secondary N) is 1. The van der Waals surface area contributed by atoms with Gasteiger partial charge in [-0.05, 0) is 67.2 Å². The molecule has 168 valence electrons. The largest absolute Gasteiger partial charge is 0.461 e. The molecule has 1 aromatic heterocycles. The number of amides is 1. The fourth-order valence-corrected chi connectivity index (χ4v) is 3.27. The lowest BCUT2D eigenvalue weighted by atomic mass is 9.87. The summed E-state index contributed by atoms with van der Waals surface area (Å²) in [6.07, 6.45) is 0.744. The molecule has 0 atom stereocenters. The predicted molar refractivity (Wildman–Crippen MR) is 109 cm³/mol. The number of likely N-dealkylation sites (tertiary alicyclic amines) is 1. The van der Waals surface area contributed by atoms with E-state index in [4.69, 9.17) is 14.2 Å². The molecule has 1 saturated heterocycles. The van der Waals surface area contributed by atoms with Gasteiger partial charge in [0.15, 0.2) is 5.69 Å². The quantitative estimate of drug-likeness (QED) is 0.581. The van der Waals surface area contributed by atoms with Crippen LogP contribution in [-0.4, -0.2) is 64.0 Å². The van der Waals surface area contributed by atoms with Crippen molar-refractivity contribution in [2.24, 2.45) is 0 Å². The van der Waals surface area contributed by atoms with Crippen molar-refractivity contribution in [3.05, 3.63) is 17.0 Å². The fraction of sp³-hybridized carbons (Fsp3) is 0.714. The van der Waals surface area contributed by atoms with E-state index in [9.17, 15) is 14.4 Å². The van der Waals surface area contributed by atoms with Crippen LogP contribution in [0.5, 0.6) is 0 Å². The van der Waals surface area contributed by atoms with Gasteiger partial charge in [-0.25, -0.2) is 14.4 Å². The lowest BCUT2D eigenvalue weighted by Crippen LogP contribution is -2.41. The van der Waals surface area contributed by atoms with Gasteiger partial charge in [0.25, 0.3) is 0 Å². The van der Waals surface area contributed by atoms with Gasteiger partial charge in [0, 0.05) is 18.7 Å². The number of aromatic amines is 1. The van der Waals surface area contributed by atoms with Crippen LogP contribution >= 0.6 is 0 Å². The molecule has 0 spiro atoms. The minimum Gasteiger partial charge on any atom is -0.461 e. The number of nitrogens with zero attached hydrogens (tertiary/aromatic N) is 2. The molecule has 1 amide bonds. The van der Waals surface area contributed by atoms with Crippen LogP contribution in [0.25, 0.3) is 0 Å². The average molecular weight is 424 g/mol. The normalized spacial score (nSPS) is 15.6. The Bertz CT molecular complexity index is 780. The van der Waals surface area contributed by atoms with Crippen LogP contribution in [0.3, 0.4) is 0 Å². The Kier molecular flexibility index (Phi) is 7.15. The number of hydrogen-bond acceptors (Lipinski definition) is 7. The van der Waals surface area contributed by atoms with Crippen molar-refractivity contribution in [1.29, 1.82) is 0 Å². The first-order valence-electron chi connectivity index (χ1n) is 10.3. The summed E-state index contributed by atoms with van der Waals surface area (Å²) in [7, 11) is 0. The molecule has 1 aliphatic rings. The second-order valence-corrected chi connectivity index (χ2v) is 9.32. The third-order valence-electron chi connectivity index (χ3n) is 4.43. The van der Waals surface area contributed by atoms with E-state index in [1.54, 1.807) is 32.6 Å². The van der Waals surface area contributed by atoms with Crippen LogP contribution in [-0.2, 0) is 14.2 Å². The van der Waals surface area contributed by atoms with E-state index in [0.717, 1.165) is 0 Å². The van der Waals surface area contributed by atoms with Crippen LogP contribution in [0, 0.1) is 0 Å². The van der Waals surface area contributed by atoms with E-state index in [0.29, 0.717) is 31.5 Å². The number of aromatic nitrogens is 2. The average Bonchev–Trinajstić information content (AvgIpc) is 3.04. The highest BCUT2D eigenvalue weighted by molar-refractivity contribution is 5.96. The summed E-state index contributed by atoms with van der Waals surface area (Å²) in [5, 5.41) is 6.73. The molecule has 0 unspecified atom stereocenters. The number of carbonyl (C=O) groups excluding carboxylic acids is 3. The van der Waals surface area contributed by atoms with Crippen molar-refractivity contribution in [2.75, 3.05) is 19.7 Å². The monoisotopic (exact) mass is 423 g/mol. The van der Waals surface area contributed by atoms with Crippen LogP contribution in [0.4, 0.5) is 4.79 Å². The Hall–Kier alpha value is -2.58. The van der Waals surface area contributed by atoms with Gasteiger partial charge in [-0.2, -0.15) is 5.10 Å². The predicted octanol–water partition coefficient (Wildman–Crippen LogP) is 3.66. The highest BCUT2D eigenvalue weighted by atomic mass is 16.6. The second-order valence-electron chi connectivity index (χ2n) is 9.32. The van der Waals surface area contributed by atoms with E-state index in [-0.39, 0.29) is 30.0 Å². The molecule has 0 bridgehead atoms. The van der Waals surface area contributed by atoms with Gasteiger partial charge in [0.1, 0.15) is 16.9 Å². The van der Waals surface area contributed by atoms with Crippen LogP contribution in [0.15, 0.2) is 0 Å². The summed E-state index contributed by atoms with van der Waals surface area (Å²) in [6.45, 7) is 13.6. The number of piperidine rings is 1. The van der Waals surface area contributed by atoms with Crippen molar-refractivity contribution >= 4 is 18.0 Å². The smallest absolute Gasteiger partial charge is 0.410 e. The molecule has 0 aromatic carbocycles. The first kappa shape index (κ1) is 23.7. The van der Waals surface area contributed by atoms with Crippen molar-refractivity contribution in [3.8, 4) is 0 Å². The van der Waals surface area contributed by atoms with Crippen molar-refractivity contribution in [2.45, 2.75) is 78.4 Å². The number of H-pyrrole nitrogens is 1. The van der Waals surface area contributed by atoms with Crippen LogP contribution < -0.4 is 0 Å². The minimum absolute atomic E-state index is 0.0868. The summed E-state index contributed by atoms with van der Waals surface area (Å²) >= 11 is 0.